The van der Waals surface area contributed by atoms with E-state index in [-0.39, 0.29) is 0 Å². The minimum Gasteiger partial charge on any atom is -0.366 e. The van der Waals surface area contributed by atoms with Gasteiger partial charge in [0, 0.05) is 12.2 Å². The van der Waals surface area contributed by atoms with E-state index in [1.54, 1.807) is 6.20 Å². The Kier molecular flexibility index (Phi) is 3.54. The van der Waals surface area contributed by atoms with Crippen molar-refractivity contribution >= 4 is 5.82 Å². The molecule has 0 aliphatic heterocycles. The quantitative estimate of drug-likeness (QED) is 0.754. The molecule has 0 saturated heterocycles. The van der Waals surface area contributed by atoms with E-state index >= 15 is 0 Å². The molecule has 1 fully saturated rings. The van der Waals surface area contributed by atoms with E-state index in [1.165, 1.54) is 32.1 Å². The van der Waals surface area contributed by atoms with Gasteiger partial charge in [0.05, 0.1) is 0 Å². The van der Waals surface area contributed by atoms with Crippen molar-refractivity contribution in [2.24, 2.45) is 5.92 Å². The number of rotatable bonds is 2. The van der Waals surface area contributed by atoms with Gasteiger partial charge in [0.15, 0.2) is 0 Å². The fraction of sp³-hybridized carbons (Fsp3) is 0.667. The summed E-state index contributed by atoms with van der Waals surface area (Å²) in [6.07, 6.45) is 8.39. The molecule has 0 bridgehead atoms. The molecule has 2 unspecified atom stereocenters. The van der Waals surface area contributed by atoms with Crippen molar-refractivity contribution in [3.63, 3.8) is 0 Å². The first-order chi connectivity index (χ1) is 7.36. The summed E-state index contributed by atoms with van der Waals surface area (Å²) in [5.74, 6) is 1.66. The van der Waals surface area contributed by atoms with Crippen molar-refractivity contribution in [2.45, 2.75) is 45.1 Å². The molecule has 3 heteroatoms. The SMILES string of the molecule is CC1CCCCCC1Nc1cccnn1. The minimum absolute atomic E-state index is 0.573. The van der Waals surface area contributed by atoms with Gasteiger partial charge in [0.2, 0.25) is 0 Å². The minimum atomic E-state index is 0.573. The van der Waals surface area contributed by atoms with Crippen LogP contribution in [0.3, 0.4) is 0 Å². The fourth-order valence-electron chi connectivity index (χ4n) is 2.28. The second-order valence-electron chi connectivity index (χ2n) is 4.48. The van der Waals surface area contributed by atoms with Crippen LogP contribution in [-0.2, 0) is 0 Å². The van der Waals surface area contributed by atoms with E-state index in [0.717, 1.165) is 11.7 Å². The van der Waals surface area contributed by atoms with Crippen LogP contribution >= 0.6 is 0 Å². The second-order valence-corrected chi connectivity index (χ2v) is 4.48. The van der Waals surface area contributed by atoms with Gasteiger partial charge < -0.3 is 5.32 Å². The van der Waals surface area contributed by atoms with E-state index in [2.05, 4.69) is 22.4 Å². The lowest BCUT2D eigenvalue weighted by Gasteiger charge is -2.22. The van der Waals surface area contributed by atoms with Crippen molar-refractivity contribution in [1.29, 1.82) is 0 Å². The number of hydrogen-bond donors (Lipinski definition) is 1. The molecular weight excluding hydrogens is 186 g/mol. The highest BCUT2D eigenvalue weighted by atomic mass is 15.2. The van der Waals surface area contributed by atoms with Crippen LogP contribution < -0.4 is 5.32 Å². The Morgan fingerprint density at radius 2 is 2.13 bits per heavy atom. The summed E-state index contributed by atoms with van der Waals surface area (Å²) in [5.41, 5.74) is 0. The van der Waals surface area contributed by atoms with Crippen LogP contribution in [0.5, 0.6) is 0 Å². The van der Waals surface area contributed by atoms with Gasteiger partial charge in [0.25, 0.3) is 0 Å². The predicted molar refractivity (Wildman–Crippen MR) is 61.7 cm³/mol. The number of nitrogens with zero attached hydrogens (tertiary/aromatic N) is 2. The molecule has 1 N–H and O–H groups in total. The molecule has 82 valence electrons. The molecule has 15 heavy (non-hydrogen) atoms. The van der Waals surface area contributed by atoms with Gasteiger partial charge in [-0.25, -0.2) is 0 Å². The van der Waals surface area contributed by atoms with E-state index in [9.17, 15) is 0 Å². The molecule has 0 amide bonds. The number of anilines is 1. The first-order valence-electron chi connectivity index (χ1n) is 5.90. The molecular formula is C12H19N3. The van der Waals surface area contributed by atoms with Crippen LogP contribution in [0.15, 0.2) is 18.3 Å². The van der Waals surface area contributed by atoms with Gasteiger partial charge >= 0.3 is 0 Å². The average Bonchev–Trinajstić information content (AvgIpc) is 2.46. The summed E-state index contributed by atoms with van der Waals surface area (Å²) < 4.78 is 0. The molecule has 0 radical (unpaired) electrons. The number of aromatic nitrogens is 2. The third-order valence-corrected chi connectivity index (χ3v) is 3.27. The largest absolute Gasteiger partial charge is 0.366 e. The zero-order valence-corrected chi connectivity index (χ0v) is 9.32. The Labute approximate surface area is 91.3 Å². The summed E-state index contributed by atoms with van der Waals surface area (Å²) in [7, 11) is 0. The van der Waals surface area contributed by atoms with Gasteiger partial charge in [-0.1, -0.05) is 26.2 Å². The summed E-state index contributed by atoms with van der Waals surface area (Å²) in [6.45, 7) is 2.33. The molecule has 0 spiro atoms. The molecule has 1 saturated carbocycles. The molecule has 2 rings (SSSR count). The summed E-state index contributed by atoms with van der Waals surface area (Å²) >= 11 is 0. The lowest BCUT2D eigenvalue weighted by molar-refractivity contribution is 0.455. The van der Waals surface area contributed by atoms with Crippen LogP contribution in [0.25, 0.3) is 0 Å². The molecule has 3 nitrogen and oxygen atoms in total. The smallest absolute Gasteiger partial charge is 0.148 e. The van der Waals surface area contributed by atoms with Crippen molar-refractivity contribution < 1.29 is 0 Å². The standard InChI is InChI=1S/C12H19N3/c1-10-6-3-2-4-7-11(10)14-12-8-5-9-13-15-12/h5,8-11H,2-4,6-7H2,1H3,(H,14,15). The van der Waals surface area contributed by atoms with E-state index in [0.29, 0.717) is 6.04 Å². The fourth-order valence-corrected chi connectivity index (χ4v) is 2.28. The van der Waals surface area contributed by atoms with Crippen molar-refractivity contribution in [3.05, 3.63) is 18.3 Å². The molecule has 2 atom stereocenters. The van der Waals surface area contributed by atoms with Gasteiger partial charge in [-0.3, -0.25) is 0 Å². The Morgan fingerprint density at radius 3 is 2.93 bits per heavy atom. The zero-order chi connectivity index (χ0) is 10.5. The van der Waals surface area contributed by atoms with Crippen molar-refractivity contribution in [3.8, 4) is 0 Å². The maximum absolute atomic E-state index is 4.08. The lowest BCUT2D eigenvalue weighted by Crippen LogP contribution is -2.26. The highest BCUT2D eigenvalue weighted by Crippen LogP contribution is 2.25. The highest BCUT2D eigenvalue weighted by molar-refractivity contribution is 5.33. The molecule has 1 heterocycles. The lowest BCUT2D eigenvalue weighted by atomic mass is 9.97. The number of hydrogen-bond acceptors (Lipinski definition) is 3. The van der Waals surface area contributed by atoms with Crippen LogP contribution in [-0.4, -0.2) is 16.2 Å². The van der Waals surface area contributed by atoms with Gasteiger partial charge in [-0.15, -0.1) is 5.10 Å². The molecule has 1 aliphatic rings. The van der Waals surface area contributed by atoms with Crippen molar-refractivity contribution in [1.82, 2.24) is 10.2 Å². The third-order valence-electron chi connectivity index (χ3n) is 3.27. The Bertz CT molecular complexity index is 286. The first-order valence-corrected chi connectivity index (χ1v) is 5.90. The Hall–Kier alpha value is -1.12. The summed E-state index contributed by atoms with van der Waals surface area (Å²) in [6, 6.07) is 4.49. The molecule has 1 aromatic rings. The summed E-state index contributed by atoms with van der Waals surface area (Å²) in [5, 5.41) is 11.5. The van der Waals surface area contributed by atoms with Crippen LogP contribution in [0.2, 0.25) is 0 Å². The molecule has 0 aromatic carbocycles. The van der Waals surface area contributed by atoms with Crippen LogP contribution in [0.4, 0.5) is 5.82 Å². The maximum atomic E-state index is 4.08. The Morgan fingerprint density at radius 1 is 1.27 bits per heavy atom. The van der Waals surface area contributed by atoms with Crippen LogP contribution in [0.1, 0.15) is 39.0 Å². The van der Waals surface area contributed by atoms with Crippen LogP contribution in [0, 0.1) is 5.92 Å². The predicted octanol–water partition coefficient (Wildman–Crippen LogP) is 2.86. The number of nitrogens with one attached hydrogen (secondary N) is 1. The maximum Gasteiger partial charge on any atom is 0.148 e. The molecule has 1 aliphatic carbocycles. The zero-order valence-electron chi connectivity index (χ0n) is 9.32. The van der Waals surface area contributed by atoms with Gasteiger partial charge in [0.1, 0.15) is 5.82 Å². The topological polar surface area (TPSA) is 37.8 Å². The first kappa shape index (κ1) is 10.4. The Balaban J connectivity index is 1.97. The van der Waals surface area contributed by atoms with E-state index < -0.39 is 0 Å². The molecule has 1 aromatic heterocycles. The van der Waals surface area contributed by atoms with Crippen molar-refractivity contribution in [2.75, 3.05) is 5.32 Å². The van der Waals surface area contributed by atoms with E-state index in [4.69, 9.17) is 0 Å². The normalized spacial score (nSPS) is 27.0. The monoisotopic (exact) mass is 205 g/mol. The highest BCUT2D eigenvalue weighted by Gasteiger charge is 2.19. The van der Waals surface area contributed by atoms with Gasteiger partial charge in [-0.05, 0) is 30.9 Å². The second kappa shape index (κ2) is 5.10. The van der Waals surface area contributed by atoms with E-state index in [1.807, 2.05) is 12.1 Å². The van der Waals surface area contributed by atoms with Gasteiger partial charge in [-0.2, -0.15) is 5.10 Å². The average molecular weight is 205 g/mol. The summed E-state index contributed by atoms with van der Waals surface area (Å²) in [4.78, 5) is 0. The third kappa shape index (κ3) is 2.91.